The van der Waals surface area contributed by atoms with E-state index in [-0.39, 0.29) is 0 Å². The molecule has 1 heterocycles. The van der Waals surface area contributed by atoms with E-state index in [2.05, 4.69) is 37.7 Å². The lowest BCUT2D eigenvalue weighted by molar-refractivity contribution is 0.746. The van der Waals surface area contributed by atoms with Gasteiger partial charge in [-0.05, 0) is 35.2 Å². The average molecular weight is 256 g/mol. The Balaban J connectivity index is 2.21. The van der Waals surface area contributed by atoms with Crippen LogP contribution in [-0.4, -0.2) is 22.6 Å². The maximum Gasteiger partial charge on any atom is 0.146 e. The lowest BCUT2D eigenvalue weighted by atomic mass is 10.4. The summed E-state index contributed by atoms with van der Waals surface area (Å²) in [5.41, 5.74) is 0. The third-order valence-electron chi connectivity index (χ3n) is 2.37. The third kappa shape index (κ3) is 2.05. The molecule has 0 bridgehead atoms. The first-order chi connectivity index (χ1) is 6.83. The summed E-state index contributed by atoms with van der Waals surface area (Å²) in [5.74, 6) is 1.05. The Bertz CT molecular complexity index is 312. The maximum absolute atomic E-state index is 4.33. The van der Waals surface area contributed by atoms with Crippen LogP contribution in [0.1, 0.15) is 26.2 Å². The highest BCUT2D eigenvalue weighted by atomic mass is 79.9. The summed E-state index contributed by atoms with van der Waals surface area (Å²) < 4.78 is 1.00. The van der Waals surface area contributed by atoms with Gasteiger partial charge in [0, 0.05) is 18.8 Å². The lowest BCUT2D eigenvalue weighted by Crippen LogP contribution is -2.27. The lowest BCUT2D eigenvalue weighted by Gasteiger charge is -2.23. The van der Waals surface area contributed by atoms with E-state index in [0.717, 1.165) is 23.3 Å². The summed E-state index contributed by atoms with van der Waals surface area (Å²) in [6.07, 6.45) is 7.19. The number of nitrogens with zero attached hydrogens (tertiary/aromatic N) is 3. The van der Waals surface area contributed by atoms with Crippen LogP contribution in [0.3, 0.4) is 0 Å². The Hall–Kier alpha value is -0.640. The molecule has 4 heteroatoms. The molecule has 0 spiro atoms. The topological polar surface area (TPSA) is 29.0 Å². The zero-order chi connectivity index (χ0) is 9.97. The van der Waals surface area contributed by atoms with E-state index in [1.54, 1.807) is 6.33 Å². The summed E-state index contributed by atoms with van der Waals surface area (Å²) in [5, 5.41) is 0. The molecule has 0 aromatic carbocycles. The van der Waals surface area contributed by atoms with Gasteiger partial charge in [-0.1, -0.05) is 6.92 Å². The molecule has 3 nitrogen and oxygen atoms in total. The van der Waals surface area contributed by atoms with Crippen LogP contribution in [0.2, 0.25) is 0 Å². The fourth-order valence-electron chi connectivity index (χ4n) is 1.61. The van der Waals surface area contributed by atoms with Crippen LogP contribution >= 0.6 is 15.9 Å². The van der Waals surface area contributed by atoms with Gasteiger partial charge in [0.15, 0.2) is 0 Å². The van der Waals surface area contributed by atoms with Gasteiger partial charge in [0.2, 0.25) is 0 Å². The summed E-state index contributed by atoms with van der Waals surface area (Å²) in [6.45, 7) is 3.28. The molecule has 0 unspecified atom stereocenters. The predicted molar refractivity (Wildman–Crippen MR) is 60.4 cm³/mol. The number of hydrogen-bond acceptors (Lipinski definition) is 3. The summed E-state index contributed by atoms with van der Waals surface area (Å²) in [4.78, 5) is 10.7. The molecule has 0 N–H and O–H groups in total. The van der Waals surface area contributed by atoms with Crippen LogP contribution in [0.4, 0.5) is 5.82 Å². The van der Waals surface area contributed by atoms with Crippen molar-refractivity contribution in [3.05, 3.63) is 17.0 Å². The first-order valence-electron chi connectivity index (χ1n) is 5.05. The molecule has 1 aromatic heterocycles. The molecule has 0 amide bonds. The Morgan fingerprint density at radius 2 is 2.36 bits per heavy atom. The van der Waals surface area contributed by atoms with Gasteiger partial charge in [-0.3, -0.25) is 0 Å². The number of anilines is 1. The Kier molecular flexibility index (Phi) is 3.01. The van der Waals surface area contributed by atoms with Crippen LogP contribution in [-0.2, 0) is 0 Å². The van der Waals surface area contributed by atoms with Gasteiger partial charge in [-0.15, -0.1) is 0 Å². The van der Waals surface area contributed by atoms with E-state index in [0.29, 0.717) is 6.04 Å². The second-order valence-electron chi connectivity index (χ2n) is 3.62. The van der Waals surface area contributed by atoms with Crippen molar-refractivity contribution in [2.75, 3.05) is 11.4 Å². The Labute approximate surface area is 92.7 Å². The van der Waals surface area contributed by atoms with Crippen LogP contribution in [0, 0.1) is 0 Å². The molecule has 1 saturated carbocycles. The smallest absolute Gasteiger partial charge is 0.146 e. The average Bonchev–Trinajstić information content (AvgIpc) is 2.99. The maximum atomic E-state index is 4.33. The highest BCUT2D eigenvalue weighted by molar-refractivity contribution is 9.10. The van der Waals surface area contributed by atoms with Crippen molar-refractivity contribution in [2.45, 2.75) is 32.2 Å². The van der Waals surface area contributed by atoms with Gasteiger partial charge in [-0.2, -0.15) is 0 Å². The predicted octanol–water partition coefficient (Wildman–Crippen LogP) is 2.62. The zero-order valence-corrected chi connectivity index (χ0v) is 9.87. The van der Waals surface area contributed by atoms with E-state index in [1.165, 1.54) is 12.8 Å². The first kappa shape index (κ1) is 9.90. The van der Waals surface area contributed by atoms with Crippen molar-refractivity contribution in [3.8, 4) is 0 Å². The number of aromatic nitrogens is 2. The monoisotopic (exact) mass is 255 g/mol. The second-order valence-corrected chi connectivity index (χ2v) is 4.47. The second kappa shape index (κ2) is 4.26. The summed E-state index contributed by atoms with van der Waals surface area (Å²) >= 11 is 3.50. The minimum atomic E-state index is 0.709. The highest BCUT2D eigenvalue weighted by Crippen LogP contribution is 2.33. The SMILES string of the molecule is CCCN(c1ncncc1Br)C1CC1. The van der Waals surface area contributed by atoms with Crippen LogP contribution in [0.25, 0.3) is 0 Å². The molecule has 1 aromatic rings. The van der Waals surface area contributed by atoms with Gasteiger partial charge >= 0.3 is 0 Å². The highest BCUT2D eigenvalue weighted by Gasteiger charge is 2.30. The standard InChI is InChI=1S/C10H14BrN3/c1-2-5-14(8-3-4-8)10-9(11)6-12-7-13-10/h6-8H,2-5H2,1H3. The molecule has 1 aliphatic carbocycles. The molecule has 0 radical (unpaired) electrons. The molecule has 1 aliphatic rings. The zero-order valence-electron chi connectivity index (χ0n) is 8.28. The van der Waals surface area contributed by atoms with Gasteiger partial charge < -0.3 is 4.90 Å². The van der Waals surface area contributed by atoms with Gasteiger partial charge in [0.05, 0.1) is 4.47 Å². The molecule has 0 aliphatic heterocycles. The molecular weight excluding hydrogens is 242 g/mol. The summed E-state index contributed by atoms with van der Waals surface area (Å²) in [6, 6.07) is 0.709. The van der Waals surface area contributed by atoms with Crippen LogP contribution in [0.5, 0.6) is 0 Å². The molecular formula is C10H14BrN3. The molecule has 76 valence electrons. The Morgan fingerprint density at radius 1 is 1.57 bits per heavy atom. The quantitative estimate of drug-likeness (QED) is 0.829. The Morgan fingerprint density at radius 3 is 2.93 bits per heavy atom. The van der Waals surface area contributed by atoms with Gasteiger partial charge in [0.1, 0.15) is 12.1 Å². The van der Waals surface area contributed by atoms with Gasteiger partial charge in [0.25, 0.3) is 0 Å². The van der Waals surface area contributed by atoms with Crippen molar-refractivity contribution in [2.24, 2.45) is 0 Å². The van der Waals surface area contributed by atoms with Crippen molar-refractivity contribution in [3.63, 3.8) is 0 Å². The summed E-state index contributed by atoms with van der Waals surface area (Å²) in [7, 11) is 0. The minimum absolute atomic E-state index is 0.709. The number of hydrogen-bond donors (Lipinski definition) is 0. The molecule has 2 rings (SSSR count). The number of rotatable bonds is 4. The van der Waals surface area contributed by atoms with E-state index in [1.807, 2.05) is 6.20 Å². The van der Waals surface area contributed by atoms with Crippen molar-refractivity contribution < 1.29 is 0 Å². The minimum Gasteiger partial charge on any atom is -0.353 e. The van der Waals surface area contributed by atoms with E-state index < -0.39 is 0 Å². The van der Waals surface area contributed by atoms with E-state index in [4.69, 9.17) is 0 Å². The van der Waals surface area contributed by atoms with Crippen LogP contribution < -0.4 is 4.90 Å². The van der Waals surface area contributed by atoms with Gasteiger partial charge in [-0.25, -0.2) is 9.97 Å². The fraction of sp³-hybridized carbons (Fsp3) is 0.600. The molecule has 0 atom stereocenters. The fourth-order valence-corrected chi connectivity index (χ4v) is 2.05. The van der Waals surface area contributed by atoms with E-state index in [9.17, 15) is 0 Å². The van der Waals surface area contributed by atoms with Crippen molar-refractivity contribution in [1.29, 1.82) is 0 Å². The molecule has 0 saturated heterocycles. The van der Waals surface area contributed by atoms with Crippen molar-refractivity contribution >= 4 is 21.7 Å². The molecule has 14 heavy (non-hydrogen) atoms. The molecule has 1 fully saturated rings. The van der Waals surface area contributed by atoms with Crippen molar-refractivity contribution in [1.82, 2.24) is 9.97 Å². The van der Waals surface area contributed by atoms with Crippen LogP contribution in [0.15, 0.2) is 17.0 Å². The number of halogens is 1. The normalized spacial score (nSPS) is 15.6. The largest absolute Gasteiger partial charge is 0.353 e. The van der Waals surface area contributed by atoms with E-state index >= 15 is 0 Å². The first-order valence-corrected chi connectivity index (χ1v) is 5.84. The third-order valence-corrected chi connectivity index (χ3v) is 2.93.